The molecule has 4 aromatic rings. The number of nitrogens with zero attached hydrogens (tertiary/aromatic N) is 5. The second kappa shape index (κ2) is 6.86. The first-order valence-electron chi connectivity index (χ1n) is 7.90. The molecule has 126 valence electrons. The van der Waals surface area contributed by atoms with Crippen LogP contribution in [-0.2, 0) is 6.54 Å². The highest BCUT2D eigenvalue weighted by atomic mass is 32.1. The summed E-state index contributed by atoms with van der Waals surface area (Å²) in [5.41, 5.74) is 1.48. The van der Waals surface area contributed by atoms with Crippen LogP contribution in [0.1, 0.15) is 28.5 Å². The summed E-state index contributed by atoms with van der Waals surface area (Å²) in [4.78, 5) is 21.8. The fraction of sp³-hybridized carbons (Fsp3) is 0.176. The average molecular weight is 352 g/mol. The summed E-state index contributed by atoms with van der Waals surface area (Å²) < 4.78 is 3.61. The number of fused-ring (bicyclic) bond motifs is 1. The zero-order valence-electron chi connectivity index (χ0n) is 13.3. The van der Waals surface area contributed by atoms with Gasteiger partial charge >= 0.3 is 0 Å². The van der Waals surface area contributed by atoms with Crippen LogP contribution in [0.3, 0.4) is 0 Å². The van der Waals surface area contributed by atoms with Crippen LogP contribution in [0.2, 0.25) is 0 Å². The van der Waals surface area contributed by atoms with Crippen LogP contribution in [0.15, 0.2) is 60.8 Å². The number of thiazole rings is 1. The van der Waals surface area contributed by atoms with Crippen LogP contribution in [0.4, 0.5) is 0 Å². The van der Waals surface area contributed by atoms with Gasteiger partial charge in [0.2, 0.25) is 0 Å². The van der Waals surface area contributed by atoms with Crippen molar-refractivity contribution in [2.45, 2.75) is 19.0 Å². The van der Waals surface area contributed by atoms with Crippen LogP contribution in [0.25, 0.3) is 4.96 Å². The highest BCUT2D eigenvalue weighted by Gasteiger charge is 2.18. The highest BCUT2D eigenvalue weighted by Crippen LogP contribution is 2.19. The minimum atomic E-state index is -0.177. The van der Waals surface area contributed by atoms with Crippen molar-refractivity contribution in [3.63, 3.8) is 0 Å². The first kappa shape index (κ1) is 15.5. The minimum Gasteiger partial charge on any atom is -0.344 e. The van der Waals surface area contributed by atoms with Crippen LogP contribution >= 0.6 is 11.3 Å². The number of benzene rings is 1. The Kier molecular flexibility index (Phi) is 4.26. The third-order valence-corrected chi connectivity index (χ3v) is 4.72. The summed E-state index contributed by atoms with van der Waals surface area (Å²) >= 11 is 1.50. The SMILES string of the molecule is O=C(N[C@H](CCn1cncn1)c1ccccc1)c1cn2ccsc2n1. The second-order valence-electron chi connectivity index (χ2n) is 5.60. The monoisotopic (exact) mass is 352 g/mol. The quantitative estimate of drug-likeness (QED) is 0.578. The number of hydrogen-bond acceptors (Lipinski definition) is 5. The Balaban J connectivity index is 1.52. The molecule has 0 saturated carbocycles. The lowest BCUT2D eigenvalue weighted by Gasteiger charge is -2.18. The van der Waals surface area contributed by atoms with Gasteiger partial charge in [-0.2, -0.15) is 5.10 Å². The molecule has 0 spiro atoms. The number of hydrogen-bond donors (Lipinski definition) is 1. The molecule has 8 heteroatoms. The summed E-state index contributed by atoms with van der Waals surface area (Å²) in [6, 6.07) is 9.80. The second-order valence-corrected chi connectivity index (χ2v) is 6.48. The molecule has 0 fully saturated rings. The number of aromatic nitrogens is 5. The molecule has 3 heterocycles. The maximum Gasteiger partial charge on any atom is 0.272 e. The van der Waals surface area contributed by atoms with Gasteiger partial charge in [-0.05, 0) is 12.0 Å². The Bertz CT molecular complexity index is 931. The maximum atomic E-state index is 12.6. The van der Waals surface area contributed by atoms with E-state index in [1.54, 1.807) is 17.2 Å². The van der Waals surface area contributed by atoms with Gasteiger partial charge in [0.05, 0.1) is 6.04 Å². The zero-order valence-corrected chi connectivity index (χ0v) is 14.1. The number of amides is 1. The third-order valence-electron chi connectivity index (χ3n) is 3.95. The number of carbonyl (C=O) groups excluding carboxylic acids is 1. The van der Waals surface area contributed by atoms with Crippen LogP contribution < -0.4 is 5.32 Å². The van der Waals surface area contributed by atoms with Crippen LogP contribution in [0, 0.1) is 0 Å². The average Bonchev–Trinajstić information content (AvgIpc) is 3.35. The molecule has 0 unspecified atom stereocenters. The minimum absolute atomic E-state index is 0.127. The topological polar surface area (TPSA) is 77.1 Å². The lowest BCUT2D eigenvalue weighted by atomic mass is 10.0. The number of imidazole rings is 1. The Labute approximate surface area is 148 Å². The van der Waals surface area contributed by atoms with E-state index < -0.39 is 0 Å². The van der Waals surface area contributed by atoms with Crippen molar-refractivity contribution in [2.24, 2.45) is 0 Å². The first-order chi connectivity index (χ1) is 12.3. The number of carbonyl (C=O) groups is 1. The van der Waals surface area contributed by atoms with Gasteiger partial charge in [0, 0.05) is 24.3 Å². The van der Waals surface area contributed by atoms with Gasteiger partial charge in [-0.15, -0.1) is 11.3 Å². The fourth-order valence-corrected chi connectivity index (χ4v) is 3.39. The van der Waals surface area contributed by atoms with E-state index in [0.717, 1.165) is 10.5 Å². The van der Waals surface area contributed by atoms with Gasteiger partial charge in [-0.3, -0.25) is 13.9 Å². The highest BCUT2D eigenvalue weighted by molar-refractivity contribution is 7.15. The molecule has 0 aliphatic carbocycles. The van der Waals surface area contributed by atoms with Crippen molar-refractivity contribution in [3.8, 4) is 0 Å². The van der Waals surface area contributed by atoms with Crippen LogP contribution in [0.5, 0.6) is 0 Å². The molecule has 1 aromatic carbocycles. The van der Waals surface area contributed by atoms with E-state index in [9.17, 15) is 4.79 Å². The molecule has 0 saturated heterocycles. The van der Waals surface area contributed by atoms with Crippen molar-refractivity contribution in [1.29, 1.82) is 0 Å². The summed E-state index contributed by atoms with van der Waals surface area (Å²) in [6.07, 6.45) is 7.53. The summed E-state index contributed by atoms with van der Waals surface area (Å²) in [7, 11) is 0. The molecule has 1 amide bonds. The van der Waals surface area contributed by atoms with Gasteiger partial charge in [0.25, 0.3) is 5.91 Å². The molecular formula is C17H16N6OS. The van der Waals surface area contributed by atoms with E-state index in [0.29, 0.717) is 18.7 Å². The van der Waals surface area contributed by atoms with E-state index in [1.807, 2.05) is 46.3 Å². The van der Waals surface area contributed by atoms with E-state index >= 15 is 0 Å². The van der Waals surface area contributed by atoms with Gasteiger partial charge < -0.3 is 5.32 Å². The summed E-state index contributed by atoms with van der Waals surface area (Å²) in [5.74, 6) is -0.177. The Morgan fingerprint density at radius 3 is 2.92 bits per heavy atom. The molecule has 7 nitrogen and oxygen atoms in total. The van der Waals surface area contributed by atoms with Crippen LogP contribution in [-0.4, -0.2) is 30.1 Å². The Hall–Kier alpha value is -3.00. The van der Waals surface area contributed by atoms with Crippen molar-refractivity contribution in [3.05, 3.63) is 72.0 Å². The standard InChI is InChI=1S/C17H16N6OS/c24-16(15-10-22-8-9-25-17(22)21-15)20-14(13-4-2-1-3-5-13)6-7-23-12-18-11-19-23/h1-5,8-12,14H,6-7H2,(H,20,24)/t14-/m1/s1. The molecule has 0 aliphatic heterocycles. The number of aryl methyl sites for hydroxylation is 1. The van der Waals surface area contributed by atoms with E-state index in [1.165, 1.54) is 17.7 Å². The Morgan fingerprint density at radius 2 is 2.16 bits per heavy atom. The smallest absolute Gasteiger partial charge is 0.272 e. The van der Waals surface area contributed by atoms with E-state index in [2.05, 4.69) is 20.4 Å². The molecule has 0 radical (unpaired) electrons. The van der Waals surface area contributed by atoms with Gasteiger partial charge in [-0.1, -0.05) is 30.3 Å². The lowest BCUT2D eigenvalue weighted by molar-refractivity contribution is 0.0929. The molecule has 3 aromatic heterocycles. The fourth-order valence-electron chi connectivity index (χ4n) is 2.69. The molecule has 0 aliphatic rings. The Morgan fingerprint density at radius 1 is 1.28 bits per heavy atom. The van der Waals surface area contributed by atoms with E-state index in [-0.39, 0.29) is 11.9 Å². The van der Waals surface area contributed by atoms with E-state index in [4.69, 9.17) is 0 Å². The normalized spacial score (nSPS) is 12.3. The van der Waals surface area contributed by atoms with Crippen molar-refractivity contribution in [2.75, 3.05) is 0 Å². The predicted molar refractivity (Wildman–Crippen MR) is 94.4 cm³/mol. The maximum absolute atomic E-state index is 12.6. The van der Waals surface area contributed by atoms with Crippen molar-refractivity contribution < 1.29 is 4.79 Å². The van der Waals surface area contributed by atoms with Crippen molar-refractivity contribution in [1.82, 2.24) is 29.5 Å². The molecule has 1 N–H and O–H groups in total. The van der Waals surface area contributed by atoms with Gasteiger partial charge in [0.15, 0.2) is 4.96 Å². The first-order valence-corrected chi connectivity index (χ1v) is 8.78. The zero-order chi connectivity index (χ0) is 17.1. The summed E-state index contributed by atoms with van der Waals surface area (Å²) in [6.45, 7) is 0.665. The molecule has 1 atom stereocenters. The number of nitrogens with one attached hydrogen (secondary N) is 1. The molecule has 4 rings (SSSR count). The predicted octanol–water partition coefficient (Wildman–Crippen LogP) is 2.55. The molecule has 0 bridgehead atoms. The van der Waals surface area contributed by atoms with Crippen molar-refractivity contribution >= 4 is 22.2 Å². The number of rotatable bonds is 6. The van der Waals surface area contributed by atoms with Gasteiger partial charge in [-0.25, -0.2) is 9.97 Å². The molecule has 25 heavy (non-hydrogen) atoms. The van der Waals surface area contributed by atoms with Gasteiger partial charge in [0.1, 0.15) is 18.3 Å². The largest absolute Gasteiger partial charge is 0.344 e. The summed E-state index contributed by atoms with van der Waals surface area (Å²) in [5, 5.41) is 9.15. The lowest BCUT2D eigenvalue weighted by Crippen LogP contribution is -2.29. The molecular weight excluding hydrogens is 336 g/mol. The third kappa shape index (κ3) is 3.43.